The van der Waals surface area contributed by atoms with E-state index in [1.807, 2.05) is 18.2 Å². The topological polar surface area (TPSA) is 59.6 Å². The van der Waals surface area contributed by atoms with Gasteiger partial charge in [0.15, 0.2) is 11.5 Å². The Morgan fingerprint density at radius 1 is 0.920 bits per heavy atom. The third-order valence-corrected chi connectivity index (χ3v) is 4.33. The van der Waals surface area contributed by atoms with Crippen molar-refractivity contribution >= 4 is 6.03 Å². The molecule has 0 radical (unpaired) electrons. The van der Waals surface area contributed by atoms with Gasteiger partial charge < -0.3 is 20.1 Å². The van der Waals surface area contributed by atoms with Crippen LogP contribution < -0.4 is 20.1 Å². The Kier molecular flexibility index (Phi) is 5.12. The third-order valence-electron chi connectivity index (χ3n) is 4.33. The van der Waals surface area contributed by atoms with Crippen LogP contribution in [0.25, 0.3) is 0 Å². The van der Waals surface area contributed by atoms with Crippen LogP contribution in [0.4, 0.5) is 4.79 Å². The fraction of sp³-hybridized carbons (Fsp3) is 0.350. The first-order chi connectivity index (χ1) is 12.0. The van der Waals surface area contributed by atoms with Gasteiger partial charge in [0.2, 0.25) is 0 Å². The lowest BCUT2D eigenvalue weighted by Crippen LogP contribution is -2.34. The van der Waals surface area contributed by atoms with E-state index < -0.39 is 0 Å². The number of urea groups is 1. The van der Waals surface area contributed by atoms with E-state index in [1.165, 1.54) is 22.3 Å². The van der Waals surface area contributed by atoms with Crippen molar-refractivity contribution in [2.24, 2.45) is 0 Å². The molecule has 0 spiro atoms. The molecule has 132 valence electrons. The fourth-order valence-electron chi connectivity index (χ4n) is 3.10. The summed E-state index contributed by atoms with van der Waals surface area (Å²) in [6.45, 7) is 8.31. The van der Waals surface area contributed by atoms with Gasteiger partial charge in [-0.1, -0.05) is 23.8 Å². The second-order valence-electron chi connectivity index (χ2n) is 6.39. The maximum atomic E-state index is 12.1. The quantitative estimate of drug-likeness (QED) is 0.897. The molecule has 0 fully saturated rings. The lowest BCUT2D eigenvalue weighted by Gasteiger charge is -2.19. The Hall–Kier alpha value is -2.69. The minimum absolute atomic E-state index is 0.186. The Balaban J connectivity index is 1.53. The molecule has 5 nitrogen and oxygen atoms in total. The normalized spacial score (nSPS) is 12.6. The van der Waals surface area contributed by atoms with Gasteiger partial charge in [-0.25, -0.2) is 4.79 Å². The zero-order chi connectivity index (χ0) is 17.8. The van der Waals surface area contributed by atoms with Gasteiger partial charge in [-0.15, -0.1) is 0 Å². The van der Waals surface area contributed by atoms with Gasteiger partial charge in [-0.2, -0.15) is 0 Å². The monoisotopic (exact) mass is 340 g/mol. The van der Waals surface area contributed by atoms with Gasteiger partial charge in [0.1, 0.15) is 13.2 Å². The average molecular weight is 340 g/mol. The van der Waals surface area contributed by atoms with Gasteiger partial charge in [0, 0.05) is 13.1 Å². The number of aryl methyl sites for hydroxylation is 3. The van der Waals surface area contributed by atoms with Crippen LogP contribution in [0, 0.1) is 20.8 Å². The highest BCUT2D eigenvalue weighted by atomic mass is 16.6. The SMILES string of the molecule is Cc1cc(C)c(CNC(=O)NCc2ccc3c(c2)OCCO3)c(C)c1. The standard InChI is InChI=1S/C20H24N2O3/c1-13-8-14(2)17(15(3)9-13)12-22-20(23)21-11-16-4-5-18-19(10-16)25-7-6-24-18/h4-5,8-10H,6-7,11-12H2,1-3H3,(H2,21,22,23). The van der Waals surface area contributed by atoms with Crippen LogP contribution in [0.15, 0.2) is 30.3 Å². The lowest BCUT2D eigenvalue weighted by molar-refractivity contribution is 0.171. The molecule has 2 amide bonds. The van der Waals surface area contributed by atoms with Gasteiger partial charge in [0.25, 0.3) is 0 Å². The van der Waals surface area contributed by atoms with E-state index in [0.29, 0.717) is 26.3 Å². The van der Waals surface area contributed by atoms with Crippen molar-refractivity contribution in [2.75, 3.05) is 13.2 Å². The van der Waals surface area contributed by atoms with E-state index in [2.05, 4.69) is 43.5 Å². The van der Waals surface area contributed by atoms with Crippen LogP contribution in [0.2, 0.25) is 0 Å². The minimum Gasteiger partial charge on any atom is -0.486 e. The molecule has 3 rings (SSSR count). The molecule has 1 heterocycles. The molecular formula is C20H24N2O3. The summed E-state index contributed by atoms with van der Waals surface area (Å²) in [5.41, 5.74) is 5.78. The first-order valence-electron chi connectivity index (χ1n) is 8.50. The molecule has 2 aromatic carbocycles. The Morgan fingerprint density at radius 3 is 2.28 bits per heavy atom. The number of ether oxygens (including phenoxy) is 2. The molecule has 25 heavy (non-hydrogen) atoms. The van der Waals surface area contributed by atoms with Crippen LogP contribution >= 0.6 is 0 Å². The highest BCUT2D eigenvalue weighted by Gasteiger charge is 2.12. The second kappa shape index (κ2) is 7.47. The molecule has 0 aliphatic carbocycles. The van der Waals surface area contributed by atoms with Crippen molar-refractivity contribution in [3.05, 3.63) is 58.1 Å². The lowest BCUT2D eigenvalue weighted by atomic mass is 10.00. The van der Waals surface area contributed by atoms with Crippen molar-refractivity contribution in [1.82, 2.24) is 10.6 Å². The van der Waals surface area contributed by atoms with Gasteiger partial charge in [-0.3, -0.25) is 0 Å². The smallest absolute Gasteiger partial charge is 0.315 e. The summed E-state index contributed by atoms with van der Waals surface area (Å²) >= 11 is 0. The van der Waals surface area contributed by atoms with Crippen LogP contribution in [-0.4, -0.2) is 19.2 Å². The predicted octanol–water partition coefficient (Wildman–Crippen LogP) is 3.38. The summed E-state index contributed by atoms with van der Waals surface area (Å²) in [5, 5.41) is 5.81. The summed E-state index contributed by atoms with van der Waals surface area (Å²) in [5.74, 6) is 1.49. The van der Waals surface area contributed by atoms with Crippen molar-refractivity contribution in [3.8, 4) is 11.5 Å². The van der Waals surface area contributed by atoms with Crippen LogP contribution in [0.3, 0.4) is 0 Å². The number of carbonyl (C=O) groups is 1. The van der Waals surface area contributed by atoms with E-state index in [1.54, 1.807) is 0 Å². The summed E-state index contributed by atoms with van der Waals surface area (Å²) < 4.78 is 11.1. The maximum Gasteiger partial charge on any atom is 0.315 e. The van der Waals surface area contributed by atoms with Gasteiger partial charge in [0.05, 0.1) is 0 Å². The van der Waals surface area contributed by atoms with E-state index in [-0.39, 0.29) is 6.03 Å². The minimum atomic E-state index is -0.186. The number of amides is 2. The van der Waals surface area contributed by atoms with E-state index >= 15 is 0 Å². The van der Waals surface area contributed by atoms with Crippen molar-refractivity contribution in [1.29, 1.82) is 0 Å². The summed E-state index contributed by atoms with van der Waals surface area (Å²) in [7, 11) is 0. The third kappa shape index (κ3) is 4.24. The summed E-state index contributed by atoms with van der Waals surface area (Å²) in [6, 6.07) is 9.80. The van der Waals surface area contributed by atoms with Crippen molar-refractivity contribution in [2.45, 2.75) is 33.9 Å². The second-order valence-corrected chi connectivity index (χ2v) is 6.39. The van der Waals surface area contributed by atoms with Crippen LogP contribution in [0.1, 0.15) is 27.8 Å². The summed E-state index contributed by atoms with van der Waals surface area (Å²) in [6.07, 6.45) is 0. The van der Waals surface area contributed by atoms with E-state index in [4.69, 9.17) is 9.47 Å². The molecule has 1 aliphatic rings. The number of rotatable bonds is 4. The molecule has 0 saturated heterocycles. The zero-order valence-corrected chi connectivity index (χ0v) is 14.9. The zero-order valence-electron chi connectivity index (χ0n) is 14.9. The molecule has 5 heteroatoms. The van der Waals surface area contributed by atoms with Gasteiger partial charge in [-0.05, 0) is 55.2 Å². The average Bonchev–Trinajstić information content (AvgIpc) is 2.59. The molecule has 0 bridgehead atoms. The molecule has 2 aromatic rings. The van der Waals surface area contributed by atoms with Crippen molar-refractivity contribution < 1.29 is 14.3 Å². The highest BCUT2D eigenvalue weighted by molar-refractivity contribution is 5.74. The summed E-state index contributed by atoms with van der Waals surface area (Å²) in [4.78, 5) is 12.1. The number of hydrogen-bond acceptors (Lipinski definition) is 3. The molecule has 0 atom stereocenters. The fourth-order valence-corrected chi connectivity index (χ4v) is 3.10. The Bertz CT molecular complexity index is 764. The molecule has 2 N–H and O–H groups in total. The Morgan fingerprint density at radius 2 is 1.56 bits per heavy atom. The number of fused-ring (bicyclic) bond motifs is 1. The largest absolute Gasteiger partial charge is 0.486 e. The van der Waals surface area contributed by atoms with Crippen molar-refractivity contribution in [3.63, 3.8) is 0 Å². The first-order valence-corrected chi connectivity index (χ1v) is 8.50. The molecule has 0 saturated carbocycles. The number of nitrogens with one attached hydrogen (secondary N) is 2. The maximum absolute atomic E-state index is 12.1. The van der Waals surface area contributed by atoms with Gasteiger partial charge >= 0.3 is 6.03 Å². The van der Waals surface area contributed by atoms with Crippen LogP contribution in [-0.2, 0) is 13.1 Å². The van der Waals surface area contributed by atoms with E-state index in [9.17, 15) is 4.79 Å². The highest BCUT2D eigenvalue weighted by Crippen LogP contribution is 2.30. The Labute approximate surface area is 148 Å². The number of benzene rings is 2. The molecular weight excluding hydrogens is 316 g/mol. The van der Waals surface area contributed by atoms with Crippen LogP contribution in [0.5, 0.6) is 11.5 Å². The van der Waals surface area contributed by atoms with E-state index in [0.717, 1.165) is 17.1 Å². The first kappa shape index (κ1) is 17.1. The molecule has 0 unspecified atom stereocenters. The predicted molar refractivity (Wildman–Crippen MR) is 97.2 cm³/mol. The molecule has 0 aromatic heterocycles. The number of hydrogen-bond donors (Lipinski definition) is 2. The molecule has 1 aliphatic heterocycles. The number of carbonyl (C=O) groups excluding carboxylic acids is 1.